The van der Waals surface area contributed by atoms with Crippen molar-refractivity contribution in [2.24, 2.45) is 0 Å². The smallest absolute Gasteiger partial charge is 0.267 e. The number of halogens is 2. The van der Waals surface area contributed by atoms with Gasteiger partial charge < -0.3 is 25.6 Å². The van der Waals surface area contributed by atoms with E-state index in [2.05, 4.69) is 10.6 Å². The molecule has 1 aromatic rings. The van der Waals surface area contributed by atoms with Crippen molar-refractivity contribution >= 4 is 23.4 Å². The highest BCUT2D eigenvalue weighted by atomic mass is 35.5. The van der Waals surface area contributed by atoms with Gasteiger partial charge in [0.25, 0.3) is 11.8 Å². The number of nitrogens with one attached hydrogen (secondary N) is 2. The fourth-order valence-corrected chi connectivity index (χ4v) is 4.21. The standard InChI is InChI=1S/C19H18ClFN3O4/c20-13-5-4-12(7-14(13)21)28-8-16(25)22-18-9-19(10-18,11-18)23-17(26)15-3-1-2-6-24(15)27/h1-5,7H,6,8-11H2,(H,22,25)(H,23,26)/q-1. The Labute approximate surface area is 165 Å². The lowest BCUT2D eigenvalue weighted by molar-refractivity contribution is -0.149. The first kappa shape index (κ1) is 18.8. The molecule has 0 unspecified atom stereocenters. The molecule has 2 N–H and O–H groups in total. The molecule has 0 aromatic heterocycles. The zero-order chi connectivity index (χ0) is 19.9. The first-order valence-electron chi connectivity index (χ1n) is 8.83. The number of hydroxylamine groups is 2. The van der Waals surface area contributed by atoms with Crippen LogP contribution >= 0.6 is 11.6 Å². The van der Waals surface area contributed by atoms with Crippen LogP contribution in [0.5, 0.6) is 5.75 Å². The van der Waals surface area contributed by atoms with Crippen LogP contribution in [0.2, 0.25) is 5.02 Å². The van der Waals surface area contributed by atoms with Crippen LogP contribution < -0.4 is 15.4 Å². The van der Waals surface area contributed by atoms with E-state index in [1.54, 1.807) is 12.2 Å². The third kappa shape index (κ3) is 3.45. The zero-order valence-electron chi connectivity index (χ0n) is 14.8. The average molecular weight is 407 g/mol. The molecule has 0 atom stereocenters. The summed E-state index contributed by atoms with van der Waals surface area (Å²) in [6.07, 6.45) is 6.67. The predicted octanol–water partition coefficient (Wildman–Crippen LogP) is 2.02. The lowest BCUT2D eigenvalue weighted by Crippen LogP contribution is -2.84. The Morgan fingerprint density at radius 3 is 2.64 bits per heavy atom. The summed E-state index contributed by atoms with van der Waals surface area (Å²) >= 11 is 5.60. The number of carbonyl (C=O) groups excluding carboxylic acids is 2. The van der Waals surface area contributed by atoms with E-state index in [1.807, 2.05) is 0 Å². The Hall–Kier alpha value is -2.58. The van der Waals surface area contributed by atoms with Crippen molar-refractivity contribution in [3.63, 3.8) is 0 Å². The second-order valence-electron chi connectivity index (χ2n) is 7.50. The summed E-state index contributed by atoms with van der Waals surface area (Å²) in [5.74, 6) is -1.11. The molecule has 0 saturated heterocycles. The summed E-state index contributed by atoms with van der Waals surface area (Å²) < 4.78 is 18.7. The SMILES string of the molecule is O=C(COc1ccc(Cl)c(F)c1)NC12CC(NC(=O)C3=CC=CCN3[O-])(C1)C2. The van der Waals surface area contributed by atoms with Gasteiger partial charge >= 0.3 is 0 Å². The maximum atomic E-state index is 13.4. The van der Waals surface area contributed by atoms with Gasteiger partial charge in [-0.2, -0.15) is 0 Å². The van der Waals surface area contributed by atoms with Crippen molar-refractivity contribution in [2.75, 3.05) is 13.2 Å². The normalized spacial score (nSPS) is 27.2. The summed E-state index contributed by atoms with van der Waals surface area (Å²) in [5.41, 5.74) is -0.626. The molecule has 1 heterocycles. The Bertz CT molecular complexity index is 881. The average Bonchev–Trinajstić information content (AvgIpc) is 2.60. The number of hydrogen-bond acceptors (Lipinski definition) is 5. The van der Waals surface area contributed by atoms with Gasteiger partial charge in [-0.05, 0) is 37.5 Å². The van der Waals surface area contributed by atoms with Crippen LogP contribution in [-0.4, -0.2) is 41.1 Å². The molecule has 28 heavy (non-hydrogen) atoms. The molecule has 5 rings (SSSR count). The number of ether oxygens (including phenoxy) is 1. The molecule has 3 fully saturated rings. The first-order chi connectivity index (χ1) is 13.3. The summed E-state index contributed by atoms with van der Waals surface area (Å²) in [5, 5.41) is 18.2. The van der Waals surface area contributed by atoms with Gasteiger partial charge in [0, 0.05) is 23.7 Å². The molecular formula is C19H18ClFN3O4-. The van der Waals surface area contributed by atoms with Crippen molar-refractivity contribution < 1.29 is 18.7 Å². The van der Waals surface area contributed by atoms with E-state index < -0.39 is 11.7 Å². The van der Waals surface area contributed by atoms with E-state index in [9.17, 15) is 19.2 Å². The van der Waals surface area contributed by atoms with Gasteiger partial charge in [0.1, 0.15) is 11.6 Å². The Kier molecular flexibility index (Phi) is 4.55. The number of nitrogens with zero attached hydrogens (tertiary/aromatic N) is 1. The molecule has 1 aromatic carbocycles. The Morgan fingerprint density at radius 2 is 1.96 bits per heavy atom. The minimum atomic E-state index is -0.614. The highest BCUT2D eigenvalue weighted by Gasteiger charge is 2.69. The van der Waals surface area contributed by atoms with Gasteiger partial charge in [-0.3, -0.25) is 9.59 Å². The van der Waals surface area contributed by atoms with E-state index >= 15 is 0 Å². The number of allylic oxidation sites excluding steroid dienone is 2. The van der Waals surface area contributed by atoms with Crippen molar-refractivity contribution in [1.82, 2.24) is 15.7 Å². The van der Waals surface area contributed by atoms with Crippen molar-refractivity contribution in [2.45, 2.75) is 30.3 Å². The summed E-state index contributed by atoms with van der Waals surface area (Å²) in [7, 11) is 0. The second-order valence-corrected chi connectivity index (χ2v) is 7.91. The monoisotopic (exact) mass is 406 g/mol. The molecule has 0 radical (unpaired) electrons. The topological polar surface area (TPSA) is 93.7 Å². The van der Waals surface area contributed by atoms with E-state index in [0.717, 1.165) is 6.07 Å². The maximum absolute atomic E-state index is 13.4. The van der Waals surface area contributed by atoms with Crippen LogP contribution in [0.25, 0.3) is 0 Å². The van der Waals surface area contributed by atoms with Gasteiger partial charge in [-0.1, -0.05) is 23.8 Å². The van der Waals surface area contributed by atoms with Crippen molar-refractivity contribution in [3.8, 4) is 5.75 Å². The third-order valence-corrected chi connectivity index (χ3v) is 5.54. The zero-order valence-corrected chi connectivity index (χ0v) is 15.6. The Morgan fingerprint density at radius 1 is 1.25 bits per heavy atom. The molecule has 2 amide bonds. The molecule has 3 saturated carbocycles. The fraction of sp³-hybridized carbons (Fsp3) is 0.368. The molecule has 3 aliphatic carbocycles. The maximum Gasteiger partial charge on any atom is 0.267 e. The van der Waals surface area contributed by atoms with Crippen LogP contribution in [0, 0.1) is 11.0 Å². The number of carbonyl (C=O) groups is 2. The van der Waals surface area contributed by atoms with E-state index in [1.165, 1.54) is 18.2 Å². The number of amides is 2. The largest absolute Gasteiger partial charge is 0.758 e. The van der Waals surface area contributed by atoms with Crippen molar-refractivity contribution in [1.29, 1.82) is 0 Å². The third-order valence-electron chi connectivity index (χ3n) is 5.24. The molecule has 2 bridgehead atoms. The molecule has 4 aliphatic rings. The van der Waals surface area contributed by atoms with Crippen LogP contribution in [-0.2, 0) is 9.59 Å². The second kappa shape index (κ2) is 6.79. The number of rotatable bonds is 6. The summed E-state index contributed by atoms with van der Waals surface area (Å²) in [6, 6.07) is 3.96. The summed E-state index contributed by atoms with van der Waals surface area (Å²) in [6.45, 7) is -0.0870. The van der Waals surface area contributed by atoms with Crippen LogP contribution in [0.3, 0.4) is 0 Å². The van der Waals surface area contributed by atoms with E-state index in [-0.39, 0.29) is 46.6 Å². The highest BCUT2D eigenvalue weighted by Crippen LogP contribution is 2.60. The number of hydrogen-bond donors (Lipinski definition) is 2. The van der Waals surface area contributed by atoms with Gasteiger partial charge in [-0.15, -0.1) is 0 Å². The Balaban J connectivity index is 1.23. The highest BCUT2D eigenvalue weighted by molar-refractivity contribution is 6.30. The molecule has 9 heteroatoms. The lowest BCUT2D eigenvalue weighted by atomic mass is 9.44. The molecule has 0 spiro atoms. The minimum absolute atomic E-state index is 0.0156. The van der Waals surface area contributed by atoms with Crippen LogP contribution in [0.4, 0.5) is 4.39 Å². The quantitative estimate of drug-likeness (QED) is 0.753. The lowest BCUT2D eigenvalue weighted by Gasteiger charge is -2.70. The van der Waals surface area contributed by atoms with E-state index in [4.69, 9.17) is 16.3 Å². The minimum Gasteiger partial charge on any atom is -0.758 e. The number of benzene rings is 1. The van der Waals surface area contributed by atoms with Crippen LogP contribution in [0.15, 0.2) is 42.1 Å². The molecular weight excluding hydrogens is 389 g/mol. The van der Waals surface area contributed by atoms with Gasteiger partial charge in [0.2, 0.25) is 0 Å². The van der Waals surface area contributed by atoms with Crippen molar-refractivity contribution in [3.05, 3.63) is 58.2 Å². The summed E-state index contributed by atoms with van der Waals surface area (Å²) in [4.78, 5) is 24.4. The van der Waals surface area contributed by atoms with Gasteiger partial charge in [0.05, 0.1) is 10.7 Å². The fourth-order valence-electron chi connectivity index (χ4n) is 4.09. The predicted molar refractivity (Wildman–Crippen MR) is 99.8 cm³/mol. The molecule has 148 valence electrons. The first-order valence-corrected chi connectivity index (χ1v) is 9.21. The van der Waals surface area contributed by atoms with Crippen LogP contribution in [0.1, 0.15) is 19.3 Å². The molecule has 1 aliphatic heterocycles. The van der Waals surface area contributed by atoms with Gasteiger partial charge in [0.15, 0.2) is 6.61 Å². The molecule has 7 nitrogen and oxygen atoms in total. The van der Waals surface area contributed by atoms with E-state index in [0.29, 0.717) is 24.3 Å². The van der Waals surface area contributed by atoms with Gasteiger partial charge in [-0.25, -0.2) is 4.39 Å².